The van der Waals surface area contributed by atoms with E-state index in [0.29, 0.717) is 25.9 Å². The highest BCUT2D eigenvalue weighted by molar-refractivity contribution is 7.26. The molecule has 0 atom stereocenters. The lowest BCUT2D eigenvalue weighted by molar-refractivity contribution is 1.63. The maximum Gasteiger partial charge on any atom is 0.0638 e. The van der Waals surface area contributed by atoms with Crippen molar-refractivity contribution in [2.24, 2.45) is 0 Å². The zero-order chi connectivity index (χ0) is 30.4. The Morgan fingerprint density at radius 1 is 0.432 bits per heavy atom. The van der Waals surface area contributed by atoms with Gasteiger partial charge in [0, 0.05) is 20.2 Å². The Labute approximate surface area is 228 Å². The first-order valence-electron chi connectivity index (χ1n) is 15.6. The van der Waals surface area contributed by atoms with E-state index in [9.17, 15) is 0 Å². The summed E-state index contributed by atoms with van der Waals surface area (Å²) < 4.78 is 60.5. The summed E-state index contributed by atoms with van der Waals surface area (Å²) in [5.41, 5.74) is 3.08. The lowest BCUT2D eigenvalue weighted by Crippen LogP contribution is -1.86. The van der Waals surface area contributed by atoms with Crippen molar-refractivity contribution < 1.29 is 9.60 Å². The molecule has 0 aliphatic rings. The third-order valence-corrected chi connectivity index (χ3v) is 8.29. The number of hydrogen-bond donors (Lipinski definition) is 0. The molecule has 1 heteroatoms. The van der Waals surface area contributed by atoms with Gasteiger partial charge in [0.2, 0.25) is 0 Å². The minimum atomic E-state index is -0.372. The Morgan fingerprint density at radius 2 is 1.05 bits per heavy atom. The van der Waals surface area contributed by atoms with E-state index in [1.807, 2.05) is 24.3 Å². The van der Waals surface area contributed by atoms with Crippen LogP contribution >= 0.6 is 11.3 Å². The zero-order valence-electron chi connectivity index (χ0n) is 26.6. The van der Waals surface area contributed by atoms with Crippen molar-refractivity contribution in [2.45, 2.75) is 0 Å². The van der Waals surface area contributed by atoms with Crippen molar-refractivity contribution in [1.82, 2.24) is 0 Å². The molecule has 0 saturated carbocycles. The van der Waals surface area contributed by atoms with Crippen LogP contribution in [0.1, 0.15) is 9.60 Å². The van der Waals surface area contributed by atoms with Crippen LogP contribution in [0, 0.1) is 0 Å². The third-order valence-electron chi connectivity index (χ3n) is 7.17. The van der Waals surface area contributed by atoms with Crippen molar-refractivity contribution in [3.05, 3.63) is 133 Å². The molecule has 7 aromatic carbocycles. The minimum absolute atomic E-state index is 0.0996. The smallest absolute Gasteiger partial charge is 0.0638 e. The number of benzene rings is 7. The average Bonchev–Trinajstić information content (AvgIpc) is 3.46. The molecule has 0 bridgehead atoms. The Balaban J connectivity index is 1.39. The van der Waals surface area contributed by atoms with E-state index in [1.165, 1.54) is 26.9 Å². The molecule has 0 spiro atoms. The monoisotopic (exact) mass is 493 g/mol. The second kappa shape index (κ2) is 8.03. The highest BCUT2D eigenvalue weighted by Gasteiger charge is 2.12. The molecule has 0 aliphatic heterocycles. The Morgan fingerprint density at radius 3 is 1.84 bits per heavy atom. The van der Waals surface area contributed by atoms with Gasteiger partial charge in [0.05, 0.1) is 9.60 Å². The van der Waals surface area contributed by atoms with Gasteiger partial charge in [-0.25, -0.2) is 0 Å². The summed E-state index contributed by atoms with van der Waals surface area (Å²) in [6.45, 7) is 0. The molecule has 0 amide bonds. The first-order chi connectivity index (χ1) is 21.3. The van der Waals surface area contributed by atoms with E-state index in [1.54, 1.807) is 0 Å². The maximum absolute atomic E-state index is 8.90. The molecule has 172 valence electrons. The highest BCUT2D eigenvalue weighted by atomic mass is 32.1. The van der Waals surface area contributed by atoms with E-state index in [4.69, 9.17) is 9.60 Å². The Bertz CT molecular complexity index is 2500. The van der Waals surface area contributed by atoms with Gasteiger partial charge in [-0.05, 0) is 72.7 Å². The fourth-order valence-corrected chi connectivity index (χ4v) is 6.56. The van der Waals surface area contributed by atoms with Crippen LogP contribution < -0.4 is 0 Å². The van der Waals surface area contributed by atoms with Gasteiger partial charge < -0.3 is 0 Å². The molecule has 0 saturated heterocycles. The van der Waals surface area contributed by atoms with Crippen molar-refractivity contribution in [3.63, 3.8) is 0 Å². The highest BCUT2D eigenvalue weighted by Crippen LogP contribution is 2.41. The molecule has 0 radical (unpaired) electrons. The van der Waals surface area contributed by atoms with Gasteiger partial charge in [-0.2, -0.15) is 0 Å². The van der Waals surface area contributed by atoms with Gasteiger partial charge in [-0.15, -0.1) is 11.3 Å². The second-order valence-electron chi connectivity index (χ2n) is 9.19. The first kappa shape index (κ1) is 14.9. The van der Waals surface area contributed by atoms with Crippen LogP contribution in [0.5, 0.6) is 0 Å². The summed E-state index contributed by atoms with van der Waals surface area (Å²) in [5.74, 6) is 0. The van der Waals surface area contributed by atoms with Gasteiger partial charge >= 0.3 is 0 Å². The van der Waals surface area contributed by atoms with E-state index < -0.39 is 0 Å². The van der Waals surface area contributed by atoms with Crippen LogP contribution in [0.25, 0.3) is 74.7 Å². The molecular weight excluding hydrogens is 464 g/mol. The molecule has 0 unspecified atom stereocenters. The Kier molecular flexibility index (Phi) is 3.24. The van der Waals surface area contributed by atoms with Crippen molar-refractivity contribution in [1.29, 1.82) is 0 Å². The van der Waals surface area contributed by atoms with Crippen LogP contribution in [0.3, 0.4) is 0 Å². The summed E-state index contributed by atoms with van der Waals surface area (Å²) >= 11 is 1.16. The number of rotatable bonds is 2. The van der Waals surface area contributed by atoms with E-state index in [2.05, 4.69) is 66.7 Å². The van der Waals surface area contributed by atoms with Gasteiger partial charge in [0.1, 0.15) is 0 Å². The van der Waals surface area contributed by atoms with Gasteiger partial charge in [-0.3, -0.25) is 0 Å². The average molecular weight is 494 g/mol. The van der Waals surface area contributed by atoms with Gasteiger partial charge in [0.15, 0.2) is 0 Å². The zero-order valence-corrected chi connectivity index (χ0v) is 20.4. The fraction of sp³-hybridized carbons (Fsp3) is 0. The van der Waals surface area contributed by atoms with E-state index >= 15 is 0 Å². The molecule has 1 aromatic heterocycles. The number of hydrogen-bond acceptors (Lipinski definition) is 1. The van der Waals surface area contributed by atoms with Crippen molar-refractivity contribution in [2.75, 3.05) is 0 Å². The van der Waals surface area contributed by atoms with Crippen LogP contribution in [-0.2, 0) is 0 Å². The predicted molar refractivity (Wildman–Crippen MR) is 163 cm³/mol. The van der Waals surface area contributed by atoms with Crippen molar-refractivity contribution >= 4 is 63.8 Å². The van der Waals surface area contributed by atoms with Crippen LogP contribution in [0.15, 0.2) is 133 Å². The van der Waals surface area contributed by atoms with Crippen LogP contribution in [0.4, 0.5) is 0 Å². The van der Waals surface area contributed by atoms with Crippen molar-refractivity contribution in [3.8, 4) is 22.3 Å². The topological polar surface area (TPSA) is 0 Å². The molecular formula is C36H22S. The normalized spacial score (nSPS) is 14.4. The van der Waals surface area contributed by atoms with Gasteiger partial charge in [-0.1, -0.05) is 115 Å². The SMILES string of the molecule is [2H]c1c([2H])c([2H])c2c(sc3c(-c4cccc(-c5ccc6c7ccccc7c7ccccc7c6c5)c4)c([2H])c([2H])c([2H])c32)c1[2H]. The maximum atomic E-state index is 8.90. The number of thiophene rings is 1. The quantitative estimate of drug-likeness (QED) is 0.210. The molecule has 1 heterocycles. The van der Waals surface area contributed by atoms with E-state index in [-0.39, 0.29) is 47.7 Å². The summed E-state index contributed by atoms with van der Waals surface area (Å²) in [6, 6.07) is 29.5. The summed E-state index contributed by atoms with van der Waals surface area (Å²) in [5, 5.41) is 7.62. The molecule has 0 N–H and O–H groups in total. The molecule has 0 fully saturated rings. The number of fused-ring (bicyclic) bond motifs is 9. The Hall–Kier alpha value is -4.46. The van der Waals surface area contributed by atoms with Crippen LogP contribution in [-0.4, -0.2) is 0 Å². The second-order valence-corrected chi connectivity index (χ2v) is 10.2. The molecule has 0 nitrogen and oxygen atoms in total. The minimum Gasteiger partial charge on any atom is -0.135 e. The summed E-state index contributed by atoms with van der Waals surface area (Å²) in [6.07, 6.45) is 0. The fourth-order valence-electron chi connectivity index (χ4n) is 5.47. The molecule has 8 aromatic rings. The lowest BCUT2D eigenvalue weighted by Gasteiger charge is -2.12. The predicted octanol–water partition coefficient (Wildman–Crippen LogP) is 10.8. The molecule has 37 heavy (non-hydrogen) atoms. The van der Waals surface area contributed by atoms with E-state index in [0.717, 1.165) is 27.8 Å². The summed E-state index contributed by atoms with van der Waals surface area (Å²) in [4.78, 5) is 0. The standard InChI is InChI=1S/C36H22S/c1-2-13-29-27(11-1)28-12-3-4-14-30(28)34-22-24(19-20-31(29)34)23-9-7-10-25(21-23)26-16-8-17-33-32-15-5-6-18-35(32)37-36(26)33/h1-22H/i5D,6D,8D,15D,16D,17D,18D. The largest absolute Gasteiger partial charge is 0.135 e. The molecule has 0 aliphatic carbocycles. The summed E-state index contributed by atoms with van der Waals surface area (Å²) in [7, 11) is 0. The van der Waals surface area contributed by atoms with Crippen LogP contribution in [0.2, 0.25) is 0 Å². The third kappa shape index (κ3) is 3.15. The molecule has 8 rings (SSSR count). The first-order valence-corrected chi connectivity index (χ1v) is 12.9. The lowest BCUT2D eigenvalue weighted by atomic mass is 9.91. The van der Waals surface area contributed by atoms with Gasteiger partial charge in [0.25, 0.3) is 0 Å².